The van der Waals surface area contributed by atoms with Gasteiger partial charge in [-0.25, -0.2) is 13.4 Å². The first kappa shape index (κ1) is 21.4. The number of hydrogen-bond acceptors (Lipinski definition) is 8. The van der Waals surface area contributed by atoms with Crippen LogP contribution in [0.2, 0.25) is 0 Å². The van der Waals surface area contributed by atoms with Crippen molar-refractivity contribution in [1.82, 2.24) is 20.2 Å². The lowest BCUT2D eigenvalue weighted by Gasteiger charge is -2.19. The van der Waals surface area contributed by atoms with Crippen molar-refractivity contribution in [3.8, 4) is 0 Å². The van der Waals surface area contributed by atoms with Gasteiger partial charge in [-0.3, -0.25) is 9.52 Å². The maximum Gasteiger partial charge on any atom is 0.287 e. The van der Waals surface area contributed by atoms with Crippen LogP contribution >= 0.6 is 22.6 Å². The van der Waals surface area contributed by atoms with Gasteiger partial charge in [-0.15, -0.1) is 0 Å². The van der Waals surface area contributed by atoms with Crippen LogP contribution in [0.5, 0.6) is 0 Å². The second kappa shape index (κ2) is 8.72. The fourth-order valence-corrected chi connectivity index (χ4v) is 4.88. The lowest BCUT2D eigenvalue weighted by atomic mass is 9.99. The average molecular weight is 553 g/mol. The van der Waals surface area contributed by atoms with Crippen LogP contribution in [0.15, 0.2) is 62.9 Å². The van der Waals surface area contributed by atoms with Crippen LogP contribution in [0, 0.1) is 3.57 Å². The Balaban J connectivity index is 1.58. The van der Waals surface area contributed by atoms with Gasteiger partial charge in [-0.05, 0) is 46.4 Å². The molecule has 1 aliphatic heterocycles. The summed E-state index contributed by atoms with van der Waals surface area (Å²) in [5.41, 5.74) is 0.982. The Morgan fingerprint density at radius 1 is 1.23 bits per heavy atom. The highest BCUT2D eigenvalue weighted by molar-refractivity contribution is 14.1. The molecular weight excluding hydrogens is 537 g/mol. The van der Waals surface area contributed by atoms with Gasteiger partial charge in [0.15, 0.2) is 5.82 Å². The Morgan fingerprint density at radius 2 is 2.00 bits per heavy atom. The van der Waals surface area contributed by atoms with E-state index in [9.17, 15) is 18.3 Å². The van der Waals surface area contributed by atoms with Gasteiger partial charge in [-0.2, -0.15) is 4.98 Å². The summed E-state index contributed by atoms with van der Waals surface area (Å²) in [7, 11) is -3.92. The molecule has 1 unspecified atom stereocenters. The van der Waals surface area contributed by atoms with E-state index in [2.05, 4.69) is 25.2 Å². The van der Waals surface area contributed by atoms with E-state index in [1.165, 1.54) is 6.07 Å². The number of halogens is 1. The molecule has 31 heavy (non-hydrogen) atoms. The molecule has 3 aromatic rings. The number of sulfonamides is 1. The van der Waals surface area contributed by atoms with Crippen molar-refractivity contribution >= 4 is 50.0 Å². The van der Waals surface area contributed by atoms with Crippen LogP contribution in [-0.4, -0.2) is 42.0 Å². The quantitative estimate of drug-likeness (QED) is 0.392. The van der Waals surface area contributed by atoms with Gasteiger partial charge in [0, 0.05) is 10.1 Å². The van der Waals surface area contributed by atoms with Gasteiger partial charge in [0.05, 0.1) is 11.6 Å². The molecule has 0 radical (unpaired) electrons. The third kappa shape index (κ3) is 4.60. The van der Waals surface area contributed by atoms with Gasteiger partial charge in [0.25, 0.3) is 15.9 Å². The molecule has 1 aromatic heterocycles. The second-order valence-electron chi connectivity index (χ2n) is 6.56. The monoisotopic (exact) mass is 553 g/mol. The number of aliphatic imine (C=N–C) groups is 1. The van der Waals surface area contributed by atoms with Crippen molar-refractivity contribution in [3.63, 3.8) is 0 Å². The third-order valence-corrected chi connectivity index (χ3v) is 6.52. The highest BCUT2D eigenvalue weighted by atomic mass is 127. The molecule has 1 atom stereocenters. The van der Waals surface area contributed by atoms with E-state index in [1.807, 2.05) is 52.9 Å². The predicted molar refractivity (Wildman–Crippen MR) is 118 cm³/mol. The number of rotatable bonds is 6. The van der Waals surface area contributed by atoms with Crippen LogP contribution in [0.1, 0.15) is 23.2 Å². The molecule has 2 heterocycles. The number of carbonyl (C=O) groups is 1. The predicted octanol–water partition coefficient (Wildman–Crippen LogP) is 1.44. The Morgan fingerprint density at radius 3 is 2.71 bits per heavy atom. The molecule has 0 saturated heterocycles. The van der Waals surface area contributed by atoms with Crippen LogP contribution in [0.4, 0.5) is 5.69 Å². The highest BCUT2D eigenvalue weighted by Gasteiger charge is 2.30. The molecule has 1 aliphatic rings. The molecular formula is C19H16IN5O5S. The SMILES string of the molecule is O=C(NCC(c1ccccc1)c1nc(CO)no1)C1=Nc2ccc(I)cc2S(=O)(=O)N1. The highest BCUT2D eigenvalue weighted by Crippen LogP contribution is 2.29. The van der Waals surface area contributed by atoms with E-state index in [0.717, 1.165) is 9.13 Å². The summed E-state index contributed by atoms with van der Waals surface area (Å²) in [5.74, 6) is -1.20. The lowest BCUT2D eigenvalue weighted by molar-refractivity contribution is -0.115. The van der Waals surface area contributed by atoms with Crippen molar-refractivity contribution in [2.45, 2.75) is 17.4 Å². The fraction of sp³-hybridized carbons (Fsp3) is 0.158. The summed E-state index contributed by atoms with van der Waals surface area (Å²) in [4.78, 5) is 21.0. The number of carbonyl (C=O) groups excluding carboxylic acids is 1. The van der Waals surface area contributed by atoms with Crippen LogP contribution in [0.3, 0.4) is 0 Å². The fourth-order valence-electron chi connectivity index (χ4n) is 3.00. The zero-order valence-electron chi connectivity index (χ0n) is 15.8. The minimum Gasteiger partial charge on any atom is -0.388 e. The summed E-state index contributed by atoms with van der Waals surface area (Å²) >= 11 is 2.00. The van der Waals surface area contributed by atoms with Crippen molar-refractivity contribution in [2.75, 3.05) is 6.54 Å². The minimum absolute atomic E-state index is 0.0144. The largest absolute Gasteiger partial charge is 0.388 e. The number of fused-ring (bicyclic) bond motifs is 1. The molecule has 0 spiro atoms. The van der Waals surface area contributed by atoms with E-state index in [0.29, 0.717) is 0 Å². The van der Waals surface area contributed by atoms with E-state index in [-0.39, 0.29) is 41.3 Å². The van der Waals surface area contributed by atoms with E-state index >= 15 is 0 Å². The molecule has 1 amide bonds. The first-order valence-corrected chi connectivity index (χ1v) is 11.6. The van der Waals surface area contributed by atoms with Gasteiger partial charge < -0.3 is 14.9 Å². The van der Waals surface area contributed by atoms with Crippen LogP contribution in [0.25, 0.3) is 0 Å². The average Bonchev–Trinajstić information content (AvgIpc) is 3.23. The van der Waals surface area contributed by atoms with Gasteiger partial charge >= 0.3 is 0 Å². The van der Waals surface area contributed by atoms with Crippen molar-refractivity contribution in [3.05, 3.63) is 69.4 Å². The first-order chi connectivity index (χ1) is 14.9. The minimum atomic E-state index is -3.92. The molecule has 3 N–H and O–H groups in total. The summed E-state index contributed by atoms with van der Waals surface area (Å²) < 4.78 is 33.2. The summed E-state index contributed by atoms with van der Waals surface area (Å²) in [6.07, 6.45) is 0. The smallest absolute Gasteiger partial charge is 0.287 e. The molecule has 160 valence electrons. The van der Waals surface area contributed by atoms with Crippen molar-refractivity contribution < 1.29 is 22.8 Å². The number of aliphatic hydroxyl groups excluding tert-OH is 1. The van der Waals surface area contributed by atoms with Gasteiger partial charge in [0.2, 0.25) is 11.7 Å². The van der Waals surface area contributed by atoms with Crippen LogP contribution in [-0.2, 0) is 21.4 Å². The molecule has 0 bridgehead atoms. The first-order valence-electron chi connectivity index (χ1n) is 9.05. The molecule has 10 nitrogen and oxygen atoms in total. The standard InChI is InChI=1S/C19H16IN5O5S/c20-12-6-7-14-15(8-12)31(28,29)25-17(22-14)18(27)21-9-13(11-4-2-1-3-5-11)19-23-16(10-26)24-30-19/h1-8,13,26H,9-10H2,(H,21,27)(H,22,25). The Hall–Kier alpha value is -2.84. The molecule has 2 aromatic carbocycles. The second-order valence-corrected chi connectivity index (χ2v) is 9.45. The third-order valence-electron chi connectivity index (χ3n) is 4.48. The molecule has 0 aliphatic carbocycles. The summed E-state index contributed by atoms with van der Waals surface area (Å²) in [5, 5.41) is 15.6. The normalized spacial score (nSPS) is 15.4. The number of nitrogens with zero attached hydrogens (tertiary/aromatic N) is 3. The molecule has 0 fully saturated rings. The number of amidine groups is 1. The van der Waals surface area contributed by atoms with E-state index < -0.39 is 21.8 Å². The molecule has 4 rings (SSSR count). The summed E-state index contributed by atoms with van der Waals surface area (Å²) in [6, 6.07) is 13.9. The van der Waals surface area contributed by atoms with E-state index in [4.69, 9.17) is 4.52 Å². The number of aromatic nitrogens is 2. The Labute approximate surface area is 191 Å². The van der Waals surface area contributed by atoms with E-state index in [1.54, 1.807) is 12.1 Å². The van der Waals surface area contributed by atoms with Crippen LogP contribution < -0.4 is 10.0 Å². The zero-order chi connectivity index (χ0) is 22.0. The van der Waals surface area contributed by atoms with Gasteiger partial charge in [-0.1, -0.05) is 35.5 Å². The Bertz CT molecular complexity index is 1260. The number of amides is 1. The number of aliphatic hydroxyl groups is 1. The van der Waals surface area contributed by atoms with Gasteiger partial charge in [0.1, 0.15) is 11.5 Å². The molecule has 0 saturated carbocycles. The maximum absolute atomic E-state index is 12.7. The number of nitrogens with one attached hydrogen (secondary N) is 2. The molecule has 12 heteroatoms. The topological polar surface area (TPSA) is 147 Å². The summed E-state index contributed by atoms with van der Waals surface area (Å²) in [6.45, 7) is -0.343. The van der Waals surface area contributed by atoms with Crippen molar-refractivity contribution in [2.24, 2.45) is 4.99 Å². The number of benzene rings is 2. The Kier molecular flexibility index (Phi) is 6.02. The van der Waals surface area contributed by atoms with Crippen molar-refractivity contribution in [1.29, 1.82) is 0 Å². The lowest BCUT2D eigenvalue weighted by Crippen LogP contribution is -2.45. The zero-order valence-corrected chi connectivity index (χ0v) is 18.8. The maximum atomic E-state index is 12.7. The number of hydrogen-bond donors (Lipinski definition) is 3.